The van der Waals surface area contributed by atoms with Gasteiger partial charge in [0.25, 0.3) is 0 Å². The summed E-state index contributed by atoms with van der Waals surface area (Å²) < 4.78 is 13.0. The summed E-state index contributed by atoms with van der Waals surface area (Å²) >= 11 is 8.63. The standard InChI is InChI=1S/C6H4BrClFN/c7-5-3(8)1-2-4(9)6(5)10/h1-2H,10H2. The van der Waals surface area contributed by atoms with Gasteiger partial charge in [-0.3, -0.25) is 0 Å². The van der Waals surface area contributed by atoms with Crippen LogP contribution in [0.15, 0.2) is 16.6 Å². The van der Waals surface area contributed by atoms with Gasteiger partial charge in [0.15, 0.2) is 0 Å². The van der Waals surface area contributed by atoms with Crippen LogP contribution in [0, 0.1) is 5.82 Å². The maximum Gasteiger partial charge on any atom is 0.147 e. The van der Waals surface area contributed by atoms with Crippen molar-refractivity contribution < 1.29 is 4.39 Å². The summed E-state index contributed by atoms with van der Waals surface area (Å²) in [4.78, 5) is 0. The van der Waals surface area contributed by atoms with E-state index in [1.807, 2.05) is 0 Å². The molecule has 0 fully saturated rings. The fraction of sp³-hybridized carbons (Fsp3) is 0. The largest absolute Gasteiger partial charge is 0.395 e. The Balaban J connectivity index is 3.34. The van der Waals surface area contributed by atoms with Crippen LogP contribution in [0.1, 0.15) is 0 Å². The maximum atomic E-state index is 12.5. The Kier molecular flexibility index (Phi) is 2.16. The van der Waals surface area contributed by atoms with E-state index in [4.69, 9.17) is 17.3 Å². The molecule has 0 aliphatic carbocycles. The molecule has 0 radical (unpaired) electrons. The third-order valence-corrected chi connectivity index (χ3v) is 2.48. The highest BCUT2D eigenvalue weighted by molar-refractivity contribution is 9.10. The normalized spacial score (nSPS) is 9.90. The second-order valence-corrected chi connectivity index (χ2v) is 2.96. The van der Waals surface area contributed by atoms with Gasteiger partial charge < -0.3 is 5.73 Å². The predicted molar refractivity (Wildman–Crippen MR) is 43.5 cm³/mol. The van der Waals surface area contributed by atoms with Gasteiger partial charge in [0.2, 0.25) is 0 Å². The van der Waals surface area contributed by atoms with Gasteiger partial charge >= 0.3 is 0 Å². The van der Waals surface area contributed by atoms with Crippen molar-refractivity contribution in [3.05, 3.63) is 27.4 Å². The highest BCUT2D eigenvalue weighted by Gasteiger charge is 2.04. The second kappa shape index (κ2) is 2.76. The van der Waals surface area contributed by atoms with Gasteiger partial charge in [0.1, 0.15) is 5.82 Å². The minimum Gasteiger partial charge on any atom is -0.395 e. The molecule has 0 bridgehead atoms. The predicted octanol–water partition coefficient (Wildman–Crippen LogP) is 2.82. The van der Waals surface area contributed by atoms with Gasteiger partial charge in [-0.05, 0) is 28.1 Å². The fourth-order valence-electron chi connectivity index (χ4n) is 0.543. The molecule has 1 aromatic carbocycles. The van der Waals surface area contributed by atoms with Crippen LogP contribution in [0.25, 0.3) is 0 Å². The Morgan fingerprint density at radius 2 is 2.10 bits per heavy atom. The first-order chi connectivity index (χ1) is 4.63. The van der Waals surface area contributed by atoms with Gasteiger partial charge in [-0.15, -0.1) is 0 Å². The van der Waals surface area contributed by atoms with Gasteiger partial charge in [-0.1, -0.05) is 11.6 Å². The number of nitrogen functional groups attached to an aromatic ring is 1. The Morgan fingerprint density at radius 1 is 1.50 bits per heavy atom. The molecule has 54 valence electrons. The lowest BCUT2D eigenvalue weighted by molar-refractivity contribution is 0.632. The number of benzene rings is 1. The fourth-order valence-corrected chi connectivity index (χ4v) is 1.03. The molecule has 0 aliphatic rings. The highest BCUT2D eigenvalue weighted by atomic mass is 79.9. The van der Waals surface area contributed by atoms with E-state index in [0.717, 1.165) is 0 Å². The minimum absolute atomic E-state index is 0.0486. The molecular formula is C6H4BrClFN. The number of halogens is 3. The van der Waals surface area contributed by atoms with Crippen molar-refractivity contribution in [3.63, 3.8) is 0 Å². The van der Waals surface area contributed by atoms with Crippen LogP contribution < -0.4 is 5.73 Å². The first-order valence-electron chi connectivity index (χ1n) is 2.52. The minimum atomic E-state index is -0.462. The van der Waals surface area contributed by atoms with Gasteiger partial charge in [-0.2, -0.15) is 0 Å². The van der Waals surface area contributed by atoms with E-state index in [1.54, 1.807) is 0 Å². The molecule has 0 atom stereocenters. The molecule has 0 saturated heterocycles. The van der Waals surface area contributed by atoms with Crippen LogP contribution in [0.5, 0.6) is 0 Å². The van der Waals surface area contributed by atoms with Crippen LogP contribution in [0.4, 0.5) is 10.1 Å². The van der Waals surface area contributed by atoms with E-state index in [9.17, 15) is 4.39 Å². The lowest BCUT2D eigenvalue weighted by Gasteiger charge is -1.99. The van der Waals surface area contributed by atoms with E-state index in [1.165, 1.54) is 12.1 Å². The molecular weight excluding hydrogens is 220 g/mol. The summed E-state index contributed by atoms with van der Waals surface area (Å²) in [5.74, 6) is -0.462. The van der Waals surface area contributed by atoms with Gasteiger partial charge in [0, 0.05) is 0 Å². The van der Waals surface area contributed by atoms with Crippen molar-refractivity contribution in [2.24, 2.45) is 0 Å². The molecule has 2 N–H and O–H groups in total. The summed E-state index contributed by atoms with van der Waals surface area (Å²) in [6, 6.07) is 2.67. The molecule has 10 heavy (non-hydrogen) atoms. The Bertz CT molecular complexity index is 237. The molecule has 0 aromatic heterocycles. The highest BCUT2D eigenvalue weighted by Crippen LogP contribution is 2.29. The average molecular weight is 224 g/mol. The summed E-state index contributed by atoms with van der Waals surface area (Å²) in [5, 5.41) is 0.416. The number of anilines is 1. The van der Waals surface area contributed by atoms with Crippen molar-refractivity contribution in [1.29, 1.82) is 0 Å². The monoisotopic (exact) mass is 223 g/mol. The third-order valence-electron chi connectivity index (χ3n) is 1.08. The van der Waals surface area contributed by atoms with E-state index in [2.05, 4.69) is 15.9 Å². The summed E-state index contributed by atoms with van der Waals surface area (Å²) in [6.45, 7) is 0. The Hall–Kier alpha value is -0.280. The van der Waals surface area contributed by atoms with E-state index < -0.39 is 5.82 Å². The molecule has 0 aliphatic heterocycles. The van der Waals surface area contributed by atoms with Crippen LogP contribution in [0.2, 0.25) is 5.02 Å². The first-order valence-corrected chi connectivity index (χ1v) is 3.69. The molecule has 0 heterocycles. The molecule has 4 heteroatoms. The lowest BCUT2D eigenvalue weighted by Crippen LogP contribution is -1.91. The molecule has 0 spiro atoms. The first kappa shape index (κ1) is 7.82. The van der Waals surface area contributed by atoms with Gasteiger partial charge in [0.05, 0.1) is 15.2 Å². The van der Waals surface area contributed by atoms with Crippen molar-refractivity contribution in [3.8, 4) is 0 Å². The lowest BCUT2D eigenvalue weighted by atomic mass is 10.3. The van der Waals surface area contributed by atoms with Crippen molar-refractivity contribution in [1.82, 2.24) is 0 Å². The van der Waals surface area contributed by atoms with Crippen LogP contribution in [-0.2, 0) is 0 Å². The van der Waals surface area contributed by atoms with Crippen molar-refractivity contribution in [2.75, 3.05) is 5.73 Å². The van der Waals surface area contributed by atoms with E-state index in [0.29, 0.717) is 9.50 Å². The van der Waals surface area contributed by atoms with Crippen LogP contribution in [0.3, 0.4) is 0 Å². The molecule has 1 nitrogen and oxygen atoms in total. The zero-order valence-corrected chi connectivity index (χ0v) is 7.21. The molecule has 1 aromatic rings. The van der Waals surface area contributed by atoms with E-state index in [-0.39, 0.29) is 5.69 Å². The van der Waals surface area contributed by atoms with Crippen LogP contribution in [-0.4, -0.2) is 0 Å². The SMILES string of the molecule is Nc1c(F)ccc(Cl)c1Br. The summed E-state index contributed by atoms with van der Waals surface area (Å²) in [7, 11) is 0. The van der Waals surface area contributed by atoms with Crippen LogP contribution >= 0.6 is 27.5 Å². The zero-order valence-electron chi connectivity index (χ0n) is 4.87. The number of hydrogen-bond donors (Lipinski definition) is 1. The van der Waals surface area contributed by atoms with Crippen molar-refractivity contribution >= 4 is 33.2 Å². The zero-order chi connectivity index (χ0) is 7.72. The average Bonchev–Trinajstić information content (AvgIpc) is 1.93. The molecule has 1 rings (SSSR count). The maximum absolute atomic E-state index is 12.5. The smallest absolute Gasteiger partial charge is 0.147 e. The quantitative estimate of drug-likeness (QED) is 0.532. The topological polar surface area (TPSA) is 26.0 Å². The van der Waals surface area contributed by atoms with E-state index >= 15 is 0 Å². The number of rotatable bonds is 0. The Morgan fingerprint density at radius 3 is 2.60 bits per heavy atom. The number of hydrogen-bond acceptors (Lipinski definition) is 1. The molecule has 0 unspecified atom stereocenters. The van der Waals surface area contributed by atoms with Gasteiger partial charge in [-0.25, -0.2) is 4.39 Å². The Labute approximate surface area is 71.1 Å². The van der Waals surface area contributed by atoms with Crippen molar-refractivity contribution in [2.45, 2.75) is 0 Å². The third kappa shape index (κ3) is 1.25. The molecule has 0 saturated carbocycles. The number of nitrogens with two attached hydrogens (primary N) is 1. The molecule has 0 amide bonds. The second-order valence-electron chi connectivity index (χ2n) is 1.76. The summed E-state index contributed by atoms with van der Waals surface area (Å²) in [6.07, 6.45) is 0. The summed E-state index contributed by atoms with van der Waals surface area (Å²) in [5.41, 5.74) is 5.32.